The molecular formula is C15H15N3OS. The van der Waals surface area contributed by atoms with E-state index in [9.17, 15) is 4.79 Å². The molecule has 1 fully saturated rings. The molecular weight excluding hydrogens is 270 g/mol. The summed E-state index contributed by atoms with van der Waals surface area (Å²) in [5.74, 6) is 1.18. The second-order valence-electron chi connectivity index (χ2n) is 4.76. The van der Waals surface area contributed by atoms with E-state index in [2.05, 4.69) is 15.3 Å². The molecule has 1 aromatic carbocycles. The van der Waals surface area contributed by atoms with E-state index in [4.69, 9.17) is 0 Å². The van der Waals surface area contributed by atoms with E-state index in [0.29, 0.717) is 11.5 Å². The number of carbonyl (C=O) groups excluding carboxylic acids is 1. The molecule has 1 aromatic heterocycles. The van der Waals surface area contributed by atoms with Crippen molar-refractivity contribution in [2.24, 2.45) is 0 Å². The van der Waals surface area contributed by atoms with Gasteiger partial charge in [-0.2, -0.15) is 0 Å². The van der Waals surface area contributed by atoms with Crippen LogP contribution >= 0.6 is 11.8 Å². The molecule has 1 N–H and O–H groups in total. The van der Waals surface area contributed by atoms with Crippen LogP contribution in [-0.4, -0.2) is 22.1 Å². The van der Waals surface area contributed by atoms with Crippen molar-refractivity contribution in [1.29, 1.82) is 0 Å². The summed E-state index contributed by atoms with van der Waals surface area (Å²) in [6.07, 6.45) is 7.52. The predicted molar refractivity (Wildman–Crippen MR) is 80.2 cm³/mol. The summed E-state index contributed by atoms with van der Waals surface area (Å²) in [6, 6.07) is 7.73. The number of carbonyl (C=O) groups is 1. The van der Waals surface area contributed by atoms with E-state index in [0.717, 1.165) is 29.2 Å². The molecule has 0 saturated heterocycles. The molecule has 2 aromatic rings. The van der Waals surface area contributed by atoms with Crippen molar-refractivity contribution in [2.45, 2.75) is 23.7 Å². The Balaban J connectivity index is 1.75. The fourth-order valence-corrected chi connectivity index (χ4v) is 2.50. The van der Waals surface area contributed by atoms with Crippen LogP contribution in [-0.2, 0) is 0 Å². The highest BCUT2D eigenvalue weighted by Gasteiger charge is 2.26. The number of nitrogens with one attached hydrogen (secondary N) is 1. The molecule has 0 aliphatic heterocycles. The van der Waals surface area contributed by atoms with Crippen LogP contribution in [0.25, 0.3) is 0 Å². The maximum atomic E-state index is 12.2. The summed E-state index contributed by atoms with van der Waals surface area (Å²) in [6.45, 7) is 0. The van der Waals surface area contributed by atoms with Crippen LogP contribution in [0.5, 0.6) is 0 Å². The van der Waals surface area contributed by atoms with Crippen LogP contribution in [0.1, 0.15) is 34.9 Å². The van der Waals surface area contributed by atoms with E-state index in [1.807, 2.05) is 30.5 Å². The number of amides is 1. The van der Waals surface area contributed by atoms with Crippen LogP contribution in [0, 0.1) is 0 Å². The lowest BCUT2D eigenvalue weighted by Gasteiger charge is -2.09. The molecule has 1 aliphatic rings. The molecule has 1 heterocycles. The lowest BCUT2D eigenvalue weighted by molar-refractivity contribution is 0.102. The van der Waals surface area contributed by atoms with Crippen LogP contribution in [0.3, 0.4) is 0 Å². The highest BCUT2D eigenvalue weighted by Crippen LogP contribution is 2.37. The smallest absolute Gasteiger partial charge is 0.258 e. The fourth-order valence-electron chi connectivity index (χ4n) is 1.95. The molecule has 0 bridgehead atoms. The molecule has 3 rings (SSSR count). The highest BCUT2D eigenvalue weighted by molar-refractivity contribution is 7.98. The normalized spacial score (nSPS) is 14.1. The first-order valence-electron chi connectivity index (χ1n) is 6.54. The molecule has 4 nitrogen and oxygen atoms in total. The van der Waals surface area contributed by atoms with Gasteiger partial charge in [0.2, 0.25) is 0 Å². The van der Waals surface area contributed by atoms with Gasteiger partial charge in [0.05, 0.1) is 11.3 Å². The minimum atomic E-state index is -0.172. The number of benzene rings is 1. The Kier molecular flexibility index (Phi) is 3.69. The van der Waals surface area contributed by atoms with E-state index >= 15 is 0 Å². The summed E-state index contributed by atoms with van der Waals surface area (Å²) in [7, 11) is 0. The van der Waals surface area contributed by atoms with E-state index in [-0.39, 0.29) is 5.91 Å². The highest BCUT2D eigenvalue weighted by atomic mass is 32.2. The van der Waals surface area contributed by atoms with Crippen molar-refractivity contribution in [3.63, 3.8) is 0 Å². The molecule has 0 spiro atoms. The zero-order valence-corrected chi connectivity index (χ0v) is 12.0. The van der Waals surface area contributed by atoms with Gasteiger partial charge in [-0.3, -0.25) is 4.79 Å². The molecule has 102 valence electrons. The number of anilines is 1. The number of nitrogens with zero attached hydrogens (tertiary/aromatic N) is 2. The van der Waals surface area contributed by atoms with E-state index < -0.39 is 0 Å². The van der Waals surface area contributed by atoms with Gasteiger partial charge in [0.1, 0.15) is 5.82 Å². The second kappa shape index (κ2) is 5.63. The van der Waals surface area contributed by atoms with Crippen molar-refractivity contribution in [2.75, 3.05) is 11.6 Å². The zero-order chi connectivity index (χ0) is 13.9. The maximum Gasteiger partial charge on any atom is 0.258 e. The Morgan fingerprint density at radius 2 is 1.95 bits per heavy atom. The zero-order valence-electron chi connectivity index (χ0n) is 11.2. The van der Waals surface area contributed by atoms with Crippen molar-refractivity contribution >= 4 is 23.4 Å². The van der Waals surface area contributed by atoms with Gasteiger partial charge in [-0.05, 0) is 31.2 Å². The molecule has 0 radical (unpaired) electrons. The van der Waals surface area contributed by atoms with E-state index in [1.54, 1.807) is 24.2 Å². The average molecular weight is 285 g/mol. The number of rotatable bonds is 4. The number of para-hydroxylation sites is 1. The largest absolute Gasteiger partial charge is 0.321 e. The Labute approximate surface area is 122 Å². The minimum absolute atomic E-state index is 0.172. The van der Waals surface area contributed by atoms with Gasteiger partial charge in [-0.25, -0.2) is 9.97 Å². The van der Waals surface area contributed by atoms with Gasteiger partial charge >= 0.3 is 0 Å². The SMILES string of the molecule is CSc1ccccc1NC(=O)c1cnc(C2CC2)nc1. The minimum Gasteiger partial charge on any atom is -0.321 e. The fraction of sp³-hybridized carbons (Fsp3) is 0.267. The second-order valence-corrected chi connectivity index (χ2v) is 5.61. The maximum absolute atomic E-state index is 12.2. The first-order chi connectivity index (χ1) is 9.78. The van der Waals surface area contributed by atoms with Crippen LogP contribution in [0.15, 0.2) is 41.6 Å². The van der Waals surface area contributed by atoms with Gasteiger partial charge in [0, 0.05) is 23.2 Å². The van der Waals surface area contributed by atoms with Gasteiger partial charge in [0.15, 0.2) is 0 Å². The van der Waals surface area contributed by atoms with Crippen LogP contribution in [0.2, 0.25) is 0 Å². The predicted octanol–water partition coefficient (Wildman–Crippen LogP) is 3.33. The Bertz CT molecular complexity index is 623. The Morgan fingerprint density at radius 3 is 2.60 bits per heavy atom. The van der Waals surface area contributed by atoms with Gasteiger partial charge in [0.25, 0.3) is 5.91 Å². The third kappa shape index (κ3) is 2.82. The summed E-state index contributed by atoms with van der Waals surface area (Å²) >= 11 is 1.60. The number of aromatic nitrogens is 2. The molecule has 1 aliphatic carbocycles. The summed E-state index contributed by atoms with van der Waals surface area (Å²) in [5.41, 5.74) is 1.31. The topological polar surface area (TPSA) is 54.9 Å². The third-order valence-electron chi connectivity index (χ3n) is 3.23. The molecule has 1 amide bonds. The average Bonchev–Trinajstić information content (AvgIpc) is 3.32. The van der Waals surface area contributed by atoms with E-state index in [1.165, 1.54) is 0 Å². The lowest BCUT2D eigenvalue weighted by Crippen LogP contribution is -2.13. The molecule has 1 saturated carbocycles. The third-order valence-corrected chi connectivity index (χ3v) is 4.03. The first kappa shape index (κ1) is 13.1. The Hall–Kier alpha value is -1.88. The van der Waals surface area contributed by atoms with Crippen LogP contribution < -0.4 is 5.32 Å². The molecule has 20 heavy (non-hydrogen) atoms. The number of hydrogen-bond donors (Lipinski definition) is 1. The van der Waals surface area contributed by atoms with Gasteiger partial charge in [-0.1, -0.05) is 12.1 Å². The Morgan fingerprint density at radius 1 is 1.25 bits per heavy atom. The van der Waals surface area contributed by atoms with Crippen molar-refractivity contribution < 1.29 is 4.79 Å². The quantitative estimate of drug-likeness (QED) is 0.875. The lowest BCUT2D eigenvalue weighted by atomic mass is 10.2. The monoisotopic (exact) mass is 285 g/mol. The van der Waals surface area contributed by atoms with Crippen molar-refractivity contribution in [3.05, 3.63) is 48.0 Å². The standard InChI is InChI=1S/C15H15N3OS/c1-20-13-5-3-2-4-12(13)18-15(19)11-8-16-14(17-9-11)10-6-7-10/h2-5,8-10H,6-7H2,1H3,(H,18,19). The summed E-state index contributed by atoms with van der Waals surface area (Å²) < 4.78 is 0. The van der Waals surface area contributed by atoms with Crippen molar-refractivity contribution in [1.82, 2.24) is 9.97 Å². The first-order valence-corrected chi connectivity index (χ1v) is 7.76. The number of thioether (sulfide) groups is 1. The van der Waals surface area contributed by atoms with Crippen LogP contribution in [0.4, 0.5) is 5.69 Å². The summed E-state index contributed by atoms with van der Waals surface area (Å²) in [4.78, 5) is 21.8. The number of hydrogen-bond acceptors (Lipinski definition) is 4. The molecule has 0 unspecified atom stereocenters. The molecule has 5 heteroatoms. The van der Waals surface area contributed by atoms with Gasteiger partial charge in [-0.15, -0.1) is 11.8 Å². The molecule has 0 atom stereocenters. The van der Waals surface area contributed by atoms with Crippen molar-refractivity contribution in [3.8, 4) is 0 Å². The summed E-state index contributed by atoms with van der Waals surface area (Å²) in [5, 5.41) is 2.90. The van der Waals surface area contributed by atoms with Gasteiger partial charge < -0.3 is 5.32 Å².